The monoisotopic (exact) mass is 1900 g/mol. The molecule has 21 nitrogen and oxygen atoms in total. The van der Waals surface area contributed by atoms with Crippen LogP contribution in [0.1, 0.15) is 523 Å². The normalized spacial score (nSPS) is 11.7. The van der Waals surface area contributed by atoms with Crippen molar-refractivity contribution in [3.05, 3.63) is 83.2 Å². The van der Waals surface area contributed by atoms with Gasteiger partial charge in [-0.3, -0.25) is 18.7 Å². The molecule has 136 heavy (non-hydrogen) atoms. The van der Waals surface area contributed by atoms with E-state index < -0.39 is 0 Å². The molecule has 21 heteroatoms. The second-order valence-corrected chi connectivity index (χ2v) is 46.5. The summed E-state index contributed by atoms with van der Waals surface area (Å²) in [4.78, 5) is 0. The molecule has 0 radical (unpaired) electrons. The summed E-state index contributed by atoms with van der Waals surface area (Å²) in [7, 11) is 0. The Bertz CT molecular complexity index is 3300. The first-order chi connectivity index (χ1) is 65.1. The molecule has 0 unspecified atom stereocenters. The lowest BCUT2D eigenvalue weighted by atomic mass is 10.0. The van der Waals surface area contributed by atoms with Gasteiger partial charge in [0.1, 0.15) is 0 Å². The third kappa shape index (κ3) is 79.6. The maximum Gasteiger partial charge on any atom is 0.0827 e. The predicted octanol–water partition coefficient (Wildman–Crippen LogP) is 32.5. The molecule has 0 spiro atoms. The van der Waals surface area contributed by atoms with E-state index in [4.69, 9.17) is 0 Å². The molecule has 0 atom stereocenters. The zero-order valence-corrected chi connectivity index (χ0v) is 94.7. The highest BCUT2D eigenvalue weighted by molar-refractivity contribution is 4.98. The summed E-state index contributed by atoms with van der Waals surface area (Å²) in [5, 5.41) is 58.8. The van der Waals surface area contributed by atoms with E-state index >= 15 is 0 Å². The Hall–Kier alpha value is -6.02. The van der Waals surface area contributed by atoms with Gasteiger partial charge in [0, 0.05) is 70.6 Å². The fraction of sp³-hybridized carbons (Fsp3) is 0.878. The second-order valence-electron chi connectivity index (χ2n) is 46.5. The van der Waals surface area contributed by atoms with Crippen LogP contribution in [0.2, 0.25) is 0 Å². The summed E-state index contributed by atoms with van der Waals surface area (Å²) in [5.74, 6) is 11.4. The van der Waals surface area contributed by atoms with Crippen LogP contribution < -0.4 is 0 Å². The van der Waals surface area contributed by atoms with Crippen molar-refractivity contribution in [1.29, 1.82) is 0 Å². The van der Waals surface area contributed by atoms with Crippen LogP contribution in [0.3, 0.4) is 0 Å². The van der Waals surface area contributed by atoms with E-state index in [0.717, 1.165) is 196 Å². The highest BCUT2D eigenvalue weighted by atomic mass is 15.5. The predicted molar refractivity (Wildman–Crippen MR) is 582 cm³/mol. The van der Waals surface area contributed by atoms with Crippen molar-refractivity contribution < 1.29 is 0 Å². The molecule has 7 rings (SSSR count). The quantitative estimate of drug-likeness (QED) is 0.0324. The first-order valence-electron chi connectivity index (χ1n) is 57.3. The van der Waals surface area contributed by atoms with E-state index in [9.17, 15) is 0 Å². The lowest BCUT2D eigenvalue weighted by Crippen LogP contribution is -2.06. The van der Waals surface area contributed by atoms with E-state index in [1.165, 1.54) is 306 Å². The van der Waals surface area contributed by atoms with E-state index in [0.29, 0.717) is 0 Å². The highest BCUT2D eigenvalue weighted by Crippen LogP contribution is 2.21. The molecule has 0 saturated carbocycles. The molecule has 788 valence electrons. The van der Waals surface area contributed by atoms with E-state index in [2.05, 4.69) is 305 Å². The molecule has 0 bridgehead atoms. The van der Waals surface area contributed by atoms with Gasteiger partial charge in [-0.25, -0.2) is 14.0 Å². The Morgan fingerprint density at radius 2 is 0.316 bits per heavy atom. The maximum absolute atomic E-state index is 4.26. The minimum absolute atomic E-state index is 0.788. The molecule has 0 aliphatic rings. The third-order valence-corrected chi connectivity index (χ3v) is 25.3. The Kier molecular flexibility index (Phi) is 79.7. The summed E-state index contributed by atoms with van der Waals surface area (Å²) in [6.45, 7) is 71.3. The molecule has 7 aromatic heterocycles. The van der Waals surface area contributed by atoms with Gasteiger partial charge >= 0.3 is 0 Å². The zero-order valence-electron chi connectivity index (χ0n) is 94.7. The molecule has 0 aliphatic heterocycles. The van der Waals surface area contributed by atoms with Crippen molar-refractivity contribution in [1.82, 2.24) is 105 Å². The van der Waals surface area contributed by atoms with E-state index in [-0.39, 0.29) is 0 Å². The Morgan fingerprint density at radius 1 is 0.162 bits per heavy atom. The van der Waals surface area contributed by atoms with Gasteiger partial charge in [-0.05, 0) is 218 Å². The molecule has 0 aliphatic carbocycles. The number of aryl methyl sites for hydroxylation is 14. The number of aromatic nitrogens is 21. The standard InChI is InChI=1S/3C17H33N3.4C16H31N3/c2*1-15(2)10-6-5-9-13-20-17(14-18-19-20)12-8-7-11-16(3)4;1-15(2)10-6-5-7-12-17-14-18-19-20(17)13-9-8-11-16(3)4;2*1-14(2)9-5-6-11-16-13-19(18-17-16)12-8-7-10-15(3)4;2*1-14(2)9-6-5-7-12-19-13-16(17-18-19)11-8-10-15(3)4/h3*14-16H,5-13H2,1-4H3;4*13-15H,5-12H2,1-4H3. The first kappa shape index (κ1) is 128. The Labute approximate surface area is 839 Å². The summed E-state index contributed by atoms with van der Waals surface area (Å²) >= 11 is 0. The molecule has 0 fully saturated rings. The van der Waals surface area contributed by atoms with Crippen LogP contribution in [0.15, 0.2) is 43.4 Å². The summed E-state index contributed by atoms with van der Waals surface area (Å²) < 4.78 is 14.4. The second kappa shape index (κ2) is 84.6. The number of rotatable bonds is 73. The van der Waals surface area contributed by atoms with Gasteiger partial charge in [0.05, 0.1) is 58.4 Å². The van der Waals surface area contributed by atoms with Crippen molar-refractivity contribution in [2.75, 3.05) is 0 Å². The molecule has 0 aromatic carbocycles. The van der Waals surface area contributed by atoms with Crippen molar-refractivity contribution in [2.24, 2.45) is 82.9 Å². The number of hydrogen-bond acceptors (Lipinski definition) is 14. The highest BCUT2D eigenvalue weighted by Gasteiger charge is 2.13. The van der Waals surface area contributed by atoms with Crippen LogP contribution in [0.5, 0.6) is 0 Å². The van der Waals surface area contributed by atoms with Crippen molar-refractivity contribution in [2.45, 2.75) is 574 Å². The number of nitrogens with zero attached hydrogens (tertiary/aromatic N) is 21. The Morgan fingerprint density at radius 3 is 0.537 bits per heavy atom. The zero-order chi connectivity index (χ0) is 101. The van der Waals surface area contributed by atoms with Crippen molar-refractivity contribution in [3.8, 4) is 0 Å². The fourth-order valence-electron chi connectivity index (χ4n) is 16.5. The third-order valence-electron chi connectivity index (χ3n) is 25.3. The first-order valence-corrected chi connectivity index (χ1v) is 57.3. The van der Waals surface area contributed by atoms with Gasteiger partial charge < -0.3 is 0 Å². The van der Waals surface area contributed by atoms with Gasteiger partial charge in [-0.15, -0.1) is 35.7 Å². The molecular formula is C115H223N21. The largest absolute Gasteiger partial charge is 0.252 e. The topological polar surface area (TPSA) is 215 Å². The van der Waals surface area contributed by atoms with Crippen LogP contribution in [0.4, 0.5) is 0 Å². The van der Waals surface area contributed by atoms with Crippen LogP contribution in [0, 0.1) is 82.9 Å². The van der Waals surface area contributed by atoms with Crippen molar-refractivity contribution >= 4 is 0 Å². The van der Waals surface area contributed by atoms with Gasteiger partial charge in [-0.2, -0.15) is 0 Å². The average Bonchev–Trinajstić information content (AvgIpc) is 1.77. The lowest BCUT2D eigenvalue weighted by Gasteiger charge is -2.08. The fourth-order valence-corrected chi connectivity index (χ4v) is 16.5. The van der Waals surface area contributed by atoms with Crippen LogP contribution >= 0.6 is 0 Å². The molecule has 7 heterocycles. The SMILES string of the molecule is CC(C)CCCCCc1cnnn1CCCCC(C)C.CC(C)CCCCCn1cc(CCCC(C)C)nn1.CC(C)CCCCCn1cc(CCCC(C)C)nn1.CC(C)CCCCCn1nncc1CCCCC(C)C.CC(C)CCCCCn1nncc1CCCCC(C)C.CC(C)CCCCc1cn(CCCCC(C)C)nn1.CC(C)CCCCc1cn(CCCCC(C)C)nn1. The lowest BCUT2D eigenvalue weighted by molar-refractivity contribution is 0.472. The molecule has 0 saturated heterocycles. The average molecular weight is 1900 g/mol. The van der Waals surface area contributed by atoms with E-state index in [1.54, 1.807) is 0 Å². The molecule has 7 aromatic rings. The minimum Gasteiger partial charge on any atom is -0.252 e. The Balaban J connectivity index is 0.000000793. The summed E-state index contributed by atoms with van der Waals surface area (Å²) in [6, 6.07) is 0. The van der Waals surface area contributed by atoms with Gasteiger partial charge in [-0.1, -0.05) is 429 Å². The number of unbranched alkanes of at least 4 members (excludes halogenated alkanes) is 17. The molecular weight excluding hydrogens is 1680 g/mol. The smallest absolute Gasteiger partial charge is 0.0827 e. The number of hydrogen-bond donors (Lipinski definition) is 0. The van der Waals surface area contributed by atoms with Crippen LogP contribution in [0.25, 0.3) is 0 Å². The summed E-state index contributed by atoms with van der Waals surface area (Å²) in [6.07, 6.45) is 80.3. The molecule has 0 N–H and O–H groups in total. The van der Waals surface area contributed by atoms with Gasteiger partial charge in [0.2, 0.25) is 0 Å². The maximum atomic E-state index is 4.26. The van der Waals surface area contributed by atoms with Gasteiger partial charge in [0.15, 0.2) is 0 Å². The van der Waals surface area contributed by atoms with E-state index in [1.807, 2.05) is 37.3 Å². The van der Waals surface area contributed by atoms with Crippen LogP contribution in [-0.2, 0) is 90.8 Å². The summed E-state index contributed by atoms with van der Waals surface area (Å²) in [5.41, 5.74) is 8.58. The minimum atomic E-state index is 0.788. The van der Waals surface area contributed by atoms with Crippen LogP contribution in [-0.4, -0.2) is 105 Å². The molecule has 0 amide bonds. The van der Waals surface area contributed by atoms with Crippen molar-refractivity contribution in [3.63, 3.8) is 0 Å². The van der Waals surface area contributed by atoms with Gasteiger partial charge in [0.25, 0.3) is 0 Å².